The molecule has 2 aromatic rings. The van der Waals surface area contributed by atoms with Gasteiger partial charge in [-0.15, -0.1) is 0 Å². The highest BCUT2D eigenvalue weighted by atomic mass is 35.5. The summed E-state index contributed by atoms with van der Waals surface area (Å²) in [6.45, 7) is 4.70. The number of halogens is 1. The predicted molar refractivity (Wildman–Crippen MR) is 129 cm³/mol. The summed E-state index contributed by atoms with van der Waals surface area (Å²) in [6, 6.07) is 5.40. The summed E-state index contributed by atoms with van der Waals surface area (Å²) in [5.41, 5.74) is 6.31. The normalized spacial score (nSPS) is 21.0. The number of hydrogen-bond donors (Lipinski definition) is 4. The summed E-state index contributed by atoms with van der Waals surface area (Å²) in [7, 11) is 0. The molecule has 1 saturated heterocycles. The van der Waals surface area contributed by atoms with Gasteiger partial charge >= 0.3 is 0 Å². The van der Waals surface area contributed by atoms with E-state index in [1.807, 2.05) is 19.1 Å². The molecular weight excluding hydrogens is 440 g/mol. The molecule has 3 heterocycles. The summed E-state index contributed by atoms with van der Waals surface area (Å²) < 4.78 is 0. The molecule has 1 atom stereocenters. The van der Waals surface area contributed by atoms with E-state index in [1.165, 1.54) is 12.8 Å². The molecule has 2 amide bonds. The van der Waals surface area contributed by atoms with Crippen LogP contribution >= 0.6 is 11.6 Å². The molecule has 1 aliphatic carbocycles. The highest BCUT2D eigenvalue weighted by molar-refractivity contribution is 6.38. The maximum atomic E-state index is 13.1. The van der Waals surface area contributed by atoms with E-state index in [9.17, 15) is 14.7 Å². The van der Waals surface area contributed by atoms with Crippen LogP contribution in [0.4, 0.5) is 5.69 Å². The van der Waals surface area contributed by atoms with Crippen LogP contribution in [0.2, 0.25) is 5.02 Å². The first-order chi connectivity index (χ1) is 15.9. The fraction of sp³-hybridized carbons (Fsp3) is 0.440. The number of carbonyl (C=O) groups is 2. The molecule has 3 aliphatic rings. The number of anilines is 1. The highest BCUT2D eigenvalue weighted by Crippen LogP contribution is 2.43. The quantitative estimate of drug-likeness (QED) is 0.506. The lowest BCUT2D eigenvalue weighted by Gasteiger charge is -2.20. The smallest absolute Gasteiger partial charge is 0.256 e. The Hall–Kier alpha value is -2.61. The molecule has 0 bridgehead atoms. The summed E-state index contributed by atoms with van der Waals surface area (Å²) in [5.74, 6) is -0.325. The average molecular weight is 469 g/mol. The zero-order valence-electron chi connectivity index (χ0n) is 18.8. The first kappa shape index (κ1) is 22.2. The number of β-amino-alcohol motifs (C(OH)–C–C–N with tert-alkyl or cyclic N) is 1. The lowest BCUT2D eigenvalue weighted by molar-refractivity contribution is -0.110. The first-order valence-corrected chi connectivity index (χ1v) is 12.0. The summed E-state index contributed by atoms with van der Waals surface area (Å²) in [6.07, 6.45) is 4.10. The number of aliphatic hydroxyl groups is 1. The Bertz CT molecular complexity index is 1150. The lowest BCUT2D eigenvalue weighted by Crippen LogP contribution is -2.39. The van der Waals surface area contributed by atoms with E-state index in [0.717, 1.165) is 66.1 Å². The van der Waals surface area contributed by atoms with Crippen LogP contribution in [0, 0.1) is 6.92 Å². The Balaban J connectivity index is 1.41. The van der Waals surface area contributed by atoms with E-state index in [0.29, 0.717) is 22.7 Å². The number of nitrogens with zero attached hydrogens (tertiary/aromatic N) is 1. The third-order valence-corrected chi connectivity index (χ3v) is 7.10. The van der Waals surface area contributed by atoms with Crippen molar-refractivity contribution in [2.75, 3.05) is 31.5 Å². The van der Waals surface area contributed by atoms with Gasteiger partial charge in [-0.1, -0.05) is 11.6 Å². The average Bonchev–Trinajstić information content (AvgIpc) is 3.48. The van der Waals surface area contributed by atoms with Gasteiger partial charge in [0.2, 0.25) is 0 Å². The molecule has 174 valence electrons. The maximum absolute atomic E-state index is 13.1. The van der Waals surface area contributed by atoms with Crippen molar-refractivity contribution in [2.45, 2.75) is 45.1 Å². The van der Waals surface area contributed by atoms with Crippen LogP contribution in [0.5, 0.6) is 0 Å². The Kier molecular flexibility index (Phi) is 6.03. The summed E-state index contributed by atoms with van der Waals surface area (Å²) in [4.78, 5) is 31.6. The summed E-state index contributed by atoms with van der Waals surface area (Å²) >= 11 is 6.21. The number of allylic oxidation sites excluding steroid dienone is 1. The fourth-order valence-corrected chi connectivity index (χ4v) is 5.55. The molecule has 1 aromatic heterocycles. The van der Waals surface area contributed by atoms with Crippen LogP contribution in [-0.2, 0) is 11.2 Å². The zero-order chi connectivity index (χ0) is 23.1. The van der Waals surface area contributed by atoms with Crippen molar-refractivity contribution in [3.8, 4) is 0 Å². The Morgan fingerprint density at radius 3 is 2.82 bits per heavy atom. The fourth-order valence-electron chi connectivity index (χ4n) is 5.37. The maximum Gasteiger partial charge on any atom is 0.256 e. The van der Waals surface area contributed by atoms with E-state index in [2.05, 4.69) is 20.5 Å². The molecule has 8 heteroatoms. The van der Waals surface area contributed by atoms with Gasteiger partial charge in [0.1, 0.15) is 0 Å². The van der Waals surface area contributed by atoms with Crippen molar-refractivity contribution < 1.29 is 14.7 Å². The number of aryl methyl sites for hydroxylation is 1. The predicted octanol–water partition coefficient (Wildman–Crippen LogP) is 3.36. The highest BCUT2D eigenvalue weighted by Gasteiger charge is 2.33. The molecule has 4 N–H and O–H groups in total. The number of aromatic amines is 1. The van der Waals surface area contributed by atoms with Crippen molar-refractivity contribution >= 4 is 40.2 Å². The van der Waals surface area contributed by atoms with Crippen molar-refractivity contribution in [1.82, 2.24) is 15.2 Å². The van der Waals surface area contributed by atoms with Gasteiger partial charge in [0, 0.05) is 40.8 Å². The number of rotatable bonds is 5. The van der Waals surface area contributed by atoms with Crippen LogP contribution in [0.25, 0.3) is 11.1 Å². The molecule has 0 saturated carbocycles. The molecule has 7 nitrogen and oxygen atoms in total. The molecule has 2 aliphatic heterocycles. The second-order valence-electron chi connectivity index (χ2n) is 9.20. The molecule has 1 unspecified atom stereocenters. The second-order valence-corrected chi connectivity index (χ2v) is 9.64. The third-order valence-electron chi connectivity index (χ3n) is 6.87. The molecular formula is C25H29ClN4O3. The number of nitrogens with one attached hydrogen (secondary N) is 3. The molecule has 33 heavy (non-hydrogen) atoms. The minimum atomic E-state index is -0.594. The van der Waals surface area contributed by atoms with Crippen molar-refractivity contribution in [3.63, 3.8) is 0 Å². The van der Waals surface area contributed by atoms with E-state index >= 15 is 0 Å². The van der Waals surface area contributed by atoms with Gasteiger partial charge in [0.15, 0.2) is 0 Å². The number of fused-ring (bicyclic) bond motifs is 2. The number of carbonyl (C=O) groups excluding carboxylic acids is 2. The lowest BCUT2D eigenvalue weighted by atomic mass is 9.86. The zero-order valence-corrected chi connectivity index (χ0v) is 19.5. The van der Waals surface area contributed by atoms with Crippen molar-refractivity contribution in [2.24, 2.45) is 0 Å². The van der Waals surface area contributed by atoms with Crippen LogP contribution in [0.3, 0.4) is 0 Å². The van der Waals surface area contributed by atoms with E-state index < -0.39 is 6.10 Å². The van der Waals surface area contributed by atoms with E-state index in [4.69, 9.17) is 11.6 Å². The van der Waals surface area contributed by atoms with Gasteiger partial charge in [0.25, 0.3) is 11.8 Å². The minimum absolute atomic E-state index is 0.140. The van der Waals surface area contributed by atoms with Gasteiger partial charge in [-0.05, 0) is 81.5 Å². The van der Waals surface area contributed by atoms with E-state index in [-0.39, 0.29) is 18.4 Å². The van der Waals surface area contributed by atoms with Gasteiger partial charge < -0.3 is 25.6 Å². The largest absolute Gasteiger partial charge is 0.390 e. The third kappa shape index (κ3) is 4.21. The van der Waals surface area contributed by atoms with Gasteiger partial charge in [-0.25, -0.2) is 0 Å². The Morgan fingerprint density at radius 2 is 2.03 bits per heavy atom. The summed E-state index contributed by atoms with van der Waals surface area (Å²) in [5, 5.41) is 16.8. The number of benzene rings is 1. The number of hydrogen-bond acceptors (Lipinski definition) is 4. The minimum Gasteiger partial charge on any atom is -0.390 e. The Morgan fingerprint density at radius 1 is 1.24 bits per heavy atom. The van der Waals surface area contributed by atoms with Crippen molar-refractivity contribution in [3.05, 3.63) is 51.3 Å². The van der Waals surface area contributed by atoms with Crippen LogP contribution in [-0.4, -0.2) is 59.1 Å². The molecule has 0 radical (unpaired) electrons. The van der Waals surface area contributed by atoms with Crippen LogP contribution in [0.15, 0.2) is 18.2 Å². The molecule has 1 fully saturated rings. The second kappa shape index (κ2) is 8.97. The van der Waals surface area contributed by atoms with Crippen LogP contribution < -0.4 is 10.6 Å². The Labute approximate surface area is 198 Å². The van der Waals surface area contributed by atoms with Crippen molar-refractivity contribution in [1.29, 1.82) is 0 Å². The van der Waals surface area contributed by atoms with Crippen LogP contribution in [0.1, 0.15) is 58.6 Å². The number of amides is 2. The first-order valence-electron chi connectivity index (χ1n) is 11.7. The standard InChI is InChI=1S/C25H29ClN4O3/c1-14-21(24(32)27-12-16(31)13-30-9-2-3-10-30)17-5-4-6-18(23(17)28-14)22-19-11-15(26)7-8-20(19)29-25(22)33/h7-8,11,16,28,31H,2-6,9-10,12-13H2,1H3,(H,27,32)(H,29,33). The van der Waals surface area contributed by atoms with Gasteiger partial charge in [0.05, 0.1) is 17.2 Å². The number of likely N-dealkylation sites (tertiary alicyclic amines) is 1. The molecule has 5 rings (SSSR count). The monoisotopic (exact) mass is 468 g/mol. The molecule has 1 aromatic carbocycles. The topological polar surface area (TPSA) is 97.5 Å². The SMILES string of the molecule is Cc1[nH]c2c(c1C(=O)NCC(O)CN1CCCC1)CCCC2=C1C(=O)Nc2ccc(Cl)cc21. The number of H-pyrrole nitrogens is 1. The van der Waals surface area contributed by atoms with E-state index in [1.54, 1.807) is 6.07 Å². The number of aliphatic hydroxyl groups excluding tert-OH is 1. The molecule has 0 spiro atoms. The van der Waals surface area contributed by atoms with Gasteiger partial charge in [-0.3, -0.25) is 9.59 Å². The number of aromatic nitrogens is 1. The van der Waals surface area contributed by atoms with Gasteiger partial charge in [-0.2, -0.15) is 0 Å².